The van der Waals surface area contributed by atoms with E-state index in [1.165, 1.54) is 12.1 Å². The molecule has 7 heteroatoms. The first-order valence-electron chi connectivity index (χ1n) is 5.15. The van der Waals surface area contributed by atoms with E-state index in [-0.39, 0.29) is 11.6 Å². The number of pyridine rings is 1. The number of aryl methyl sites for hydroxylation is 1. The van der Waals surface area contributed by atoms with Crippen LogP contribution in [0, 0.1) is 17.0 Å². The van der Waals surface area contributed by atoms with E-state index in [1.807, 2.05) is 0 Å². The molecule has 1 heterocycles. The number of nitro groups is 1. The van der Waals surface area contributed by atoms with Gasteiger partial charge in [0.1, 0.15) is 11.5 Å². The lowest BCUT2D eigenvalue weighted by atomic mass is 10.3. The van der Waals surface area contributed by atoms with Gasteiger partial charge in [-0.05, 0) is 19.4 Å². The summed E-state index contributed by atoms with van der Waals surface area (Å²) in [5.41, 5.74) is 5.34. The molecule has 0 saturated carbocycles. The third kappa shape index (κ3) is 4.06. The molecule has 1 aromatic heterocycles. The van der Waals surface area contributed by atoms with Crippen LogP contribution in [0.25, 0.3) is 0 Å². The smallest absolute Gasteiger partial charge is 0.290 e. The van der Waals surface area contributed by atoms with Gasteiger partial charge in [-0.2, -0.15) is 0 Å². The Morgan fingerprint density at radius 1 is 1.59 bits per heavy atom. The van der Waals surface area contributed by atoms with Crippen LogP contribution in [-0.2, 0) is 4.79 Å². The first-order chi connectivity index (χ1) is 8.00. The molecular weight excluding hydrogens is 224 g/mol. The Morgan fingerprint density at radius 2 is 2.29 bits per heavy atom. The number of rotatable bonds is 6. The van der Waals surface area contributed by atoms with E-state index in [1.54, 1.807) is 6.92 Å². The van der Waals surface area contributed by atoms with Gasteiger partial charge in [-0.1, -0.05) is 0 Å². The van der Waals surface area contributed by atoms with E-state index in [2.05, 4.69) is 10.3 Å². The number of nitrogens with two attached hydrogens (primary N) is 1. The quantitative estimate of drug-likeness (QED) is 0.436. The van der Waals surface area contributed by atoms with Crippen LogP contribution in [0.1, 0.15) is 18.5 Å². The van der Waals surface area contributed by atoms with Crippen molar-refractivity contribution in [2.75, 3.05) is 11.9 Å². The van der Waals surface area contributed by atoms with Gasteiger partial charge in [0.25, 0.3) is 5.69 Å². The zero-order chi connectivity index (χ0) is 12.8. The summed E-state index contributed by atoms with van der Waals surface area (Å²) >= 11 is 0. The number of primary amides is 1. The number of anilines is 1. The van der Waals surface area contributed by atoms with Gasteiger partial charge < -0.3 is 11.1 Å². The van der Waals surface area contributed by atoms with E-state index in [0.717, 1.165) is 0 Å². The lowest BCUT2D eigenvalue weighted by molar-refractivity contribution is -0.385. The summed E-state index contributed by atoms with van der Waals surface area (Å²) in [6.07, 6.45) is 0.909. The highest BCUT2D eigenvalue weighted by atomic mass is 16.6. The Kier molecular flexibility index (Phi) is 4.38. The molecule has 0 radical (unpaired) electrons. The molecule has 0 aliphatic rings. The van der Waals surface area contributed by atoms with Crippen molar-refractivity contribution in [3.05, 3.63) is 27.9 Å². The van der Waals surface area contributed by atoms with Crippen LogP contribution in [0.15, 0.2) is 12.1 Å². The predicted octanol–water partition coefficient (Wildman–Crippen LogP) is 0.976. The summed E-state index contributed by atoms with van der Waals surface area (Å²) in [5, 5.41) is 13.5. The Labute approximate surface area is 98.2 Å². The molecule has 0 aliphatic heterocycles. The average Bonchev–Trinajstić information content (AvgIpc) is 2.23. The number of carbonyl (C=O) groups is 1. The van der Waals surface area contributed by atoms with E-state index in [0.29, 0.717) is 30.9 Å². The van der Waals surface area contributed by atoms with E-state index < -0.39 is 4.92 Å². The number of nitrogens with zero attached hydrogens (tertiary/aromatic N) is 2. The third-order valence-electron chi connectivity index (χ3n) is 2.16. The standard InChI is InChI=1S/C10H14N4O3/c1-7-8(14(16)17)4-5-10(13-7)12-6-2-3-9(11)15/h4-5H,2-3,6H2,1H3,(H2,11,15)(H,12,13). The van der Waals surface area contributed by atoms with Crippen molar-refractivity contribution in [3.8, 4) is 0 Å². The Morgan fingerprint density at radius 3 is 2.82 bits per heavy atom. The van der Waals surface area contributed by atoms with Crippen molar-refractivity contribution in [2.45, 2.75) is 19.8 Å². The van der Waals surface area contributed by atoms with Gasteiger partial charge in [0, 0.05) is 19.0 Å². The van der Waals surface area contributed by atoms with Crippen molar-refractivity contribution >= 4 is 17.4 Å². The minimum absolute atomic E-state index is 0.00677. The molecule has 1 aromatic rings. The lowest BCUT2D eigenvalue weighted by Gasteiger charge is -2.05. The maximum atomic E-state index is 10.6. The topological polar surface area (TPSA) is 111 Å². The molecule has 0 spiro atoms. The van der Waals surface area contributed by atoms with Crippen LogP contribution in [-0.4, -0.2) is 22.4 Å². The molecule has 17 heavy (non-hydrogen) atoms. The zero-order valence-electron chi connectivity index (χ0n) is 9.47. The maximum Gasteiger partial charge on any atom is 0.290 e. The van der Waals surface area contributed by atoms with Gasteiger partial charge in [-0.15, -0.1) is 0 Å². The minimum Gasteiger partial charge on any atom is -0.370 e. The van der Waals surface area contributed by atoms with E-state index in [9.17, 15) is 14.9 Å². The van der Waals surface area contributed by atoms with Crippen molar-refractivity contribution in [1.82, 2.24) is 4.98 Å². The van der Waals surface area contributed by atoms with Gasteiger partial charge in [0.2, 0.25) is 5.91 Å². The van der Waals surface area contributed by atoms with E-state index in [4.69, 9.17) is 5.73 Å². The van der Waals surface area contributed by atoms with Crippen LogP contribution < -0.4 is 11.1 Å². The average molecular weight is 238 g/mol. The minimum atomic E-state index is -0.473. The largest absolute Gasteiger partial charge is 0.370 e. The lowest BCUT2D eigenvalue weighted by Crippen LogP contribution is -2.13. The Bertz CT molecular complexity index is 434. The molecule has 7 nitrogen and oxygen atoms in total. The third-order valence-corrected chi connectivity index (χ3v) is 2.16. The second kappa shape index (κ2) is 5.78. The number of hydrogen-bond acceptors (Lipinski definition) is 5. The van der Waals surface area contributed by atoms with Crippen LogP contribution in [0.5, 0.6) is 0 Å². The molecule has 1 amide bonds. The highest BCUT2D eigenvalue weighted by molar-refractivity contribution is 5.73. The van der Waals surface area contributed by atoms with Gasteiger partial charge in [0.15, 0.2) is 0 Å². The normalized spacial score (nSPS) is 9.94. The van der Waals surface area contributed by atoms with Gasteiger partial charge in [-0.3, -0.25) is 14.9 Å². The molecule has 3 N–H and O–H groups in total. The number of carbonyl (C=O) groups excluding carboxylic acids is 1. The van der Waals surface area contributed by atoms with Crippen molar-refractivity contribution in [1.29, 1.82) is 0 Å². The number of hydrogen-bond donors (Lipinski definition) is 2. The zero-order valence-corrected chi connectivity index (χ0v) is 9.47. The highest BCUT2D eigenvalue weighted by Gasteiger charge is 2.11. The number of amides is 1. The van der Waals surface area contributed by atoms with Gasteiger partial charge in [-0.25, -0.2) is 4.98 Å². The summed E-state index contributed by atoms with van der Waals surface area (Å²) in [6.45, 7) is 2.12. The Balaban J connectivity index is 2.53. The molecule has 92 valence electrons. The SMILES string of the molecule is Cc1nc(NCCCC(N)=O)ccc1[N+](=O)[O-]. The highest BCUT2D eigenvalue weighted by Crippen LogP contribution is 2.17. The Hall–Kier alpha value is -2.18. The summed E-state index contributed by atoms with van der Waals surface area (Å²) < 4.78 is 0. The fraction of sp³-hybridized carbons (Fsp3) is 0.400. The number of aromatic nitrogens is 1. The van der Waals surface area contributed by atoms with E-state index >= 15 is 0 Å². The molecule has 1 rings (SSSR count). The second-order valence-corrected chi connectivity index (χ2v) is 3.55. The summed E-state index contributed by atoms with van der Waals surface area (Å²) in [6, 6.07) is 2.94. The maximum absolute atomic E-state index is 10.6. The van der Waals surface area contributed by atoms with Crippen molar-refractivity contribution in [2.24, 2.45) is 5.73 Å². The number of nitrogens with one attached hydrogen (secondary N) is 1. The van der Waals surface area contributed by atoms with Gasteiger partial charge >= 0.3 is 0 Å². The molecule has 0 fully saturated rings. The van der Waals surface area contributed by atoms with Gasteiger partial charge in [0.05, 0.1) is 4.92 Å². The molecular formula is C10H14N4O3. The predicted molar refractivity (Wildman–Crippen MR) is 62.5 cm³/mol. The summed E-state index contributed by atoms with van der Waals surface area (Å²) in [5.74, 6) is 0.206. The van der Waals surface area contributed by atoms with Crippen LogP contribution in [0.4, 0.5) is 11.5 Å². The van der Waals surface area contributed by atoms with Crippen LogP contribution in [0.3, 0.4) is 0 Å². The van der Waals surface area contributed by atoms with Crippen LogP contribution in [0.2, 0.25) is 0 Å². The fourth-order valence-corrected chi connectivity index (χ4v) is 1.32. The summed E-state index contributed by atoms with van der Waals surface area (Å²) in [4.78, 5) is 24.6. The first-order valence-corrected chi connectivity index (χ1v) is 5.15. The van der Waals surface area contributed by atoms with Crippen LogP contribution >= 0.6 is 0 Å². The molecule has 0 aliphatic carbocycles. The second-order valence-electron chi connectivity index (χ2n) is 3.55. The fourth-order valence-electron chi connectivity index (χ4n) is 1.32. The molecule has 0 aromatic carbocycles. The first kappa shape index (κ1) is 12.9. The monoisotopic (exact) mass is 238 g/mol. The molecule has 0 saturated heterocycles. The van der Waals surface area contributed by atoms with Crippen molar-refractivity contribution < 1.29 is 9.72 Å². The molecule has 0 bridgehead atoms. The molecule has 0 unspecified atom stereocenters. The summed E-state index contributed by atoms with van der Waals surface area (Å²) in [7, 11) is 0. The molecule has 0 atom stereocenters. The van der Waals surface area contributed by atoms with Crippen molar-refractivity contribution in [3.63, 3.8) is 0 Å².